The molecule has 1 N–H and O–H groups in total. The number of amides is 3. The average Bonchev–Trinajstić information content (AvgIpc) is 2.46. The number of rotatable bonds is 1. The topological polar surface area (TPSA) is 79.4 Å². The zero-order valence-electron chi connectivity index (χ0n) is 12.0. The Hall–Kier alpha value is -1.95. The predicted molar refractivity (Wildman–Crippen MR) is 79.2 cm³/mol. The molecule has 3 heterocycles. The third-order valence-electron chi connectivity index (χ3n) is 4.43. The minimum absolute atomic E-state index is 0.0919. The molecule has 1 aromatic heterocycles. The van der Waals surface area contributed by atoms with Gasteiger partial charge in [-0.15, -0.1) is 0 Å². The minimum atomic E-state index is -0.286. The first-order chi connectivity index (χ1) is 10.5. The number of nitrogens with one attached hydrogen (secondary N) is 1. The molecule has 2 saturated heterocycles. The molecule has 116 valence electrons. The number of nitrogens with zero attached hydrogens (tertiary/aromatic N) is 2. The highest BCUT2D eigenvalue weighted by Gasteiger charge is 2.42. The first kappa shape index (κ1) is 15.0. The van der Waals surface area contributed by atoms with Gasteiger partial charge in [-0.3, -0.25) is 19.7 Å². The molecule has 0 unspecified atom stereocenters. The summed E-state index contributed by atoms with van der Waals surface area (Å²) in [6.07, 6.45) is 3.56. The third kappa shape index (κ3) is 2.97. The molecule has 0 aliphatic carbocycles. The van der Waals surface area contributed by atoms with E-state index in [1.54, 1.807) is 17.0 Å². The van der Waals surface area contributed by atoms with Crippen molar-refractivity contribution in [2.45, 2.75) is 25.7 Å². The monoisotopic (exact) mass is 321 g/mol. The lowest BCUT2D eigenvalue weighted by molar-refractivity contribution is -0.139. The predicted octanol–water partition coefficient (Wildman–Crippen LogP) is 1.39. The Labute approximate surface area is 132 Å². The summed E-state index contributed by atoms with van der Waals surface area (Å²) in [4.78, 5) is 41.2. The summed E-state index contributed by atoms with van der Waals surface area (Å²) in [6, 6.07) is 3.18. The van der Waals surface area contributed by atoms with Crippen molar-refractivity contribution >= 4 is 29.3 Å². The number of pyridine rings is 1. The van der Waals surface area contributed by atoms with E-state index in [9.17, 15) is 14.4 Å². The van der Waals surface area contributed by atoms with E-state index in [2.05, 4.69) is 10.3 Å². The maximum atomic E-state index is 12.4. The molecule has 22 heavy (non-hydrogen) atoms. The Balaban J connectivity index is 1.68. The molecule has 1 spiro atoms. The molecule has 2 aliphatic heterocycles. The fourth-order valence-corrected chi connectivity index (χ4v) is 3.42. The van der Waals surface area contributed by atoms with Crippen LogP contribution in [-0.4, -0.2) is 40.7 Å². The summed E-state index contributed by atoms with van der Waals surface area (Å²) >= 11 is 5.81. The van der Waals surface area contributed by atoms with E-state index in [1.165, 1.54) is 6.20 Å². The smallest absolute Gasteiger partial charge is 0.254 e. The van der Waals surface area contributed by atoms with Crippen LogP contribution in [0.3, 0.4) is 0 Å². The molecule has 3 rings (SSSR count). The van der Waals surface area contributed by atoms with Crippen molar-refractivity contribution in [2.24, 2.45) is 5.41 Å². The van der Waals surface area contributed by atoms with E-state index in [0.717, 1.165) is 0 Å². The zero-order valence-corrected chi connectivity index (χ0v) is 12.7. The van der Waals surface area contributed by atoms with Gasteiger partial charge in [0.15, 0.2) is 0 Å². The highest BCUT2D eigenvalue weighted by atomic mass is 35.5. The van der Waals surface area contributed by atoms with Crippen LogP contribution in [0.5, 0.6) is 0 Å². The van der Waals surface area contributed by atoms with Gasteiger partial charge in [0.1, 0.15) is 5.15 Å². The lowest BCUT2D eigenvalue weighted by Gasteiger charge is -2.43. The fourth-order valence-electron chi connectivity index (χ4n) is 3.24. The molecule has 3 amide bonds. The lowest BCUT2D eigenvalue weighted by atomic mass is 9.71. The van der Waals surface area contributed by atoms with Crippen LogP contribution in [0.25, 0.3) is 0 Å². The van der Waals surface area contributed by atoms with Crippen LogP contribution in [0.15, 0.2) is 18.3 Å². The van der Waals surface area contributed by atoms with Gasteiger partial charge in [0, 0.05) is 37.7 Å². The maximum Gasteiger partial charge on any atom is 0.254 e. The third-order valence-corrected chi connectivity index (χ3v) is 4.64. The Morgan fingerprint density at radius 2 is 1.86 bits per heavy atom. The normalized spacial score (nSPS) is 20.9. The highest BCUT2D eigenvalue weighted by Crippen LogP contribution is 2.40. The quantitative estimate of drug-likeness (QED) is 0.626. The zero-order chi connectivity index (χ0) is 15.7. The molecule has 6 nitrogen and oxygen atoms in total. The van der Waals surface area contributed by atoms with Crippen molar-refractivity contribution in [1.82, 2.24) is 15.2 Å². The molecule has 7 heteroatoms. The molecular weight excluding hydrogens is 306 g/mol. The second kappa shape index (κ2) is 5.68. The van der Waals surface area contributed by atoms with Gasteiger partial charge in [-0.25, -0.2) is 4.98 Å². The van der Waals surface area contributed by atoms with Crippen molar-refractivity contribution in [3.8, 4) is 0 Å². The Kier molecular flexibility index (Phi) is 3.87. The number of carbonyl (C=O) groups excluding carboxylic acids is 3. The Morgan fingerprint density at radius 3 is 2.45 bits per heavy atom. The van der Waals surface area contributed by atoms with E-state index < -0.39 is 0 Å². The van der Waals surface area contributed by atoms with Gasteiger partial charge in [0.2, 0.25) is 11.8 Å². The SMILES string of the molecule is O=C1CC2(CCN(C(=O)c3ccnc(Cl)c3)CC2)CC(=O)N1. The van der Waals surface area contributed by atoms with Crippen molar-refractivity contribution in [2.75, 3.05) is 13.1 Å². The van der Waals surface area contributed by atoms with Crippen molar-refractivity contribution in [3.63, 3.8) is 0 Å². The molecule has 2 fully saturated rings. The van der Waals surface area contributed by atoms with Crippen LogP contribution in [0.1, 0.15) is 36.0 Å². The first-order valence-electron chi connectivity index (χ1n) is 7.21. The van der Waals surface area contributed by atoms with E-state index in [1.807, 2.05) is 0 Å². The standard InChI is InChI=1S/C15H16ClN3O3/c16-11-7-10(1-4-17-11)14(22)19-5-2-15(3-6-19)8-12(20)18-13(21)9-15/h1,4,7H,2-3,5-6,8-9H2,(H,18,20,21). The van der Waals surface area contributed by atoms with E-state index in [0.29, 0.717) is 44.3 Å². The maximum absolute atomic E-state index is 12.4. The summed E-state index contributed by atoms with van der Waals surface area (Å²) in [7, 11) is 0. The van der Waals surface area contributed by atoms with Gasteiger partial charge in [-0.2, -0.15) is 0 Å². The fraction of sp³-hybridized carbons (Fsp3) is 0.467. The molecule has 1 aromatic rings. The largest absolute Gasteiger partial charge is 0.339 e. The molecule has 0 aromatic carbocycles. The summed E-state index contributed by atoms with van der Waals surface area (Å²) < 4.78 is 0. The van der Waals surface area contributed by atoms with Gasteiger partial charge >= 0.3 is 0 Å². The van der Waals surface area contributed by atoms with Crippen molar-refractivity contribution in [3.05, 3.63) is 29.0 Å². The van der Waals surface area contributed by atoms with Crippen molar-refractivity contribution in [1.29, 1.82) is 0 Å². The van der Waals surface area contributed by atoms with Crippen molar-refractivity contribution < 1.29 is 14.4 Å². The van der Waals surface area contributed by atoms with Crippen LogP contribution in [0.4, 0.5) is 0 Å². The van der Waals surface area contributed by atoms with Crippen LogP contribution < -0.4 is 5.32 Å². The van der Waals surface area contributed by atoms with Gasteiger partial charge in [0.25, 0.3) is 5.91 Å². The molecule has 0 radical (unpaired) electrons. The summed E-state index contributed by atoms with van der Waals surface area (Å²) in [6.45, 7) is 1.08. The Morgan fingerprint density at radius 1 is 1.23 bits per heavy atom. The lowest BCUT2D eigenvalue weighted by Crippen LogP contribution is -2.50. The van der Waals surface area contributed by atoms with Gasteiger partial charge < -0.3 is 4.90 Å². The minimum Gasteiger partial charge on any atom is -0.339 e. The first-order valence-corrected chi connectivity index (χ1v) is 7.59. The molecule has 2 aliphatic rings. The molecule has 0 saturated carbocycles. The molecule has 0 atom stereocenters. The average molecular weight is 322 g/mol. The van der Waals surface area contributed by atoms with Crippen LogP contribution >= 0.6 is 11.6 Å². The second-order valence-corrected chi connectivity index (χ2v) is 6.37. The number of piperidine rings is 2. The van der Waals surface area contributed by atoms with Gasteiger partial charge in [-0.05, 0) is 30.4 Å². The molecular formula is C15H16ClN3O3. The van der Waals surface area contributed by atoms with Gasteiger partial charge in [-0.1, -0.05) is 11.6 Å². The summed E-state index contributed by atoms with van der Waals surface area (Å²) in [5, 5.41) is 2.62. The van der Waals surface area contributed by atoms with Gasteiger partial charge in [0.05, 0.1) is 0 Å². The number of hydrogen-bond acceptors (Lipinski definition) is 4. The number of carbonyl (C=O) groups is 3. The van der Waals surface area contributed by atoms with E-state index in [4.69, 9.17) is 11.6 Å². The second-order valence-electron chi connectivity index (χ2n) is 5.98. The highest BCUT2D eigenvalue weighted by molar-refractivity contribution is 6.29. The number of likely N-dealkylation sites (tertiary alicyclic amines) is 1. The number of hydrogen-bond donors (Lipinski definition) is 1. The van der Waals surface area contributed by atoms with E-state index in [-0.39, 0.29) is 28.3 Å². The molecule has 0 bridgehead atoms. The Bertz CT molecular complexity index is 621. The number of aromatic nitrogens is 1. The number of halogens is 1. The van der Waals surface area contributed by atoms with Crippen LogP contribution in [0, 0.1) is 5.41 Å². The summed E-state index contributed by atoms with van der Waals surface area (Å²) in [5.74, 6) is -0.514. The summed E-state index contributed by atoms with van der Waals surface area (Å²) in [5.41, 5.74) is 0.222. The number of imide groups is 1. The van der Waals surface area contributed by atoms with Crippen LogP contribution in [0.2, 0.25) is 5.15 Å². The van der Waals surface area contributed by atoms with E-state index >= 15 is 0 Å². The van der Waals surface area contributed by atoms with Crippen LogP contribution in [-0.2, 0) is 9.59 Å².